The van der Waals surface area contributed by atoms with Gasteiger partial charge in [0.15, 0.2) is 0 Å². The molecule has 120 valence electrons. The molecular weight excluding hydrogens is 306 g/mol. The van der Waals surface area contributed by atoms with Gasteiger partial charge in [-0.3, -0.25) is 4.79 Å². The highest BCUT2D eigenvalue weighted by atomic mass is 32.1. The standard InChI is InChI=1S/C18H21N3OS/c1-14-5-7-15(8-6-14)18(22)20-19-13-16-9-10-17(23-16)21-11-3-2-4-12-21/h5-10,13H,2-4,11-12H2,1H3,(H,20,22)/b19-13-. The molecule has 0 unspecified atom stereocenters. The monoisotopic (exact) mass is 327 g/mol. The second-order valence-corrected chi connectivity index (χ2v) is 6.88. The van der Waals surface area contributed by atoms with Crippen LogP contribution in [0.1, 0.15) is 40.1 Å². The third-order valence-electron chi connectivity index (χ3n) is 3.95. The molecule has 1 aliphatic heterocycles. The summed E-state index contributed by atoms with van der Waals surface area (Å²) in [6.07, 6.45) is 5.59. The van der Waals surface area contributed by atoms with Crippen LogP contribution in [0.3, 0.4) is 0 Å². The van der Waals surface area contributed by atoms with Crippen molar-refractivity contribution in [2.45, 2.75) is 26.2 Å². The number of thiophene rings is 1. The summed E-state index contributed by atoms with van der Waals surface area (Å²) < 4.78 is 0. The van der Waals surface area contributed by atoms with Crippen LogP contribution in [0.4, 0.5) is 5.00 Å². The van der Waals surface area contributed by atoms with Crippen molar-refractivity contribution in [1.82, 2.24) is 5.43 Å². The van der Waals surface area contributed by atoms with E-state index in [1.54, 1.807) is 29.7 Å². The van der Waals surface area contributed by atoms with Crippen molar-refractivity contribution in [2.24, 2.45) is 5.10 Å². The van der Waals surface area contributed by atoms with Crippen LogP contribution in [-0.2, 0) is 0 Å². The van der Waals surface area contributed by atoms with Gasteiger partial charge in [-0.25, -0.2) is 5.43 Å². The molecule has 1 amide bonds. The molecule has 1 N–H and O–H groups in total. The Bertz CT molecular complexity index is 685. The number of hydrazone groups is 1. The van der Waals surface area contributed by atoms with E-state index in [1.807, 2.05) is 19.1 Å². The number of anilines is 1. The summed E-state index contributed by atoms with van der Waals surface area (Å²) in [4.78, 5) is 15.4. The Kier molecular flexibility index (Phi) is 5.08. The van der Waals surface area contributed by atoms with Gasteiger partial charge in [0.05, 0.1) is 11.2 Å². The molecule has 2 aromatic rings. The number of hydrogen-bond donors (Lipinski definition) is 1. The molecule has 1 aliphatic rings. The molecule has 1 saturated heterocycles. The first-order chi connectivity index (χ1) is 11.2. The molecule has 0 saturated carbocycles. The van der Waals surface area contributed by atoms with Crippen molar-refractivity contribution in [2.75, 3.05) is 18.0 Å². The van der Waals surface area contributed by atoms with Crippen LogP contribution in [0.5, 0.6) is 0 Å². The zero-order valence-electron chi connectivity index (χ0n) is 13.3. The number of amides is 1. The minimum Gasteiger partial charge on any atom is -0.363 e. The van der Waals surface area contributed by atoms with Gasteiger partial charge in [-0.2, -0.15) is 5.10 Å². The molecule has 1 aromatic heterocycles. The first-order valence-corrected chi connectivity index (χ1v) is 8.79. The first-order valence-electron chi connectivity index (χ1n) is 7.97. The van der Waals surface area contributed by atoms with Crippen molar-refractivity contribution >= 4 is 28.5 Å². The van der Waals surface area contributed by atoms with Crippen LogP contribution in [-0.4, -0.2) is 25.2 Å². The molecule has 2 heterocycles. The van der Waals surface area contributed by atoms with Gasteiger partial charge in [-0.1, -0.05) is 17.7 Å². The zero-order valence-corrected chi connectivity index (χ0v) is 14.1. The predicted molar refractivity (Wildman–Crippen MR) is 96.6 cm³/mol. The van der Waals surface area contributed by atoms with Gasteiger partial charge in [0.25, 0.3) is 5.91 Å². The Morgan fingerprint density at radius 3 is 2.61 bits per heavy atom. The molecule has 0 atom stereocenters. The van der Waals surface area contributed by atoms with Crippen molar-refractivity contribution in [3.8, 4) is 0 Å². The van der Waals surface area contributed by atoms with Crippen LogP contribution in [0, 0.1) is 6.92 Å². The minimum atomic E-state index is -0.186. The molecule has 1 fully saturated rings. The van der Waals surface area contributed by atoms with Gasteiger partial charge < -0.3 is 4.90 Å². The molecule has 0 aliphatic carbocycles. The fraction of sp³-hybridized carbons (Fsp3) is 0.333. The van der Waals surface area contributed by atoms with E-state index in [0.717, 1.165) is 23.5 Å². The second kappa shape index (κ2) is 7.42. The summed E-state index contributed by atoms with van der Waals surface area (Å²) in [5.74, 6) is -0.186. The minimum absolute atomic E-state index is 0.186. The molecule has 1 aromatic carbocycles. The number of nitrogens with zero attached hydrogens (tertiary/aromatic N) is 2. The number of carbonyl (C=O) groups is 1. The quantitative estimate of drug-likeness (QED) is 0.685. The number of piperidine rings is 1. The van der Waals surface area contributed by atoms with Crippen molar-refractivity contribution in [3.05, 3.63) is 52.4 Å². The molecule has 3 rings (SSSR count). The summed E-state index contributed by atoms with van der Waals surface area (Å²) in [6.45, 7) is 4.28. The predicted octanol–water partition coefficient (Wildman–Crippen LogP) is 3.81. The summed E-state index contributed by atoms with van der Waals surface area (Å²) in [5, 5.41) is 5.35. The SMILES string of the molecule is Cc1ccc(C(=O)N/N=C\c2ccc(N3CCCCC3)s2)cc1. The Morgan fingerprint density at radius 1 is 1.13 bits per heavy atom. The van der Waals surface area contributed by atoms with Gasteiger partial charge in [0, 0.05) is 23.5 Å². The highest BCUT2D eigenvalue weighted by Gasteiger charge is 2.12. The lowest BCUT2D eigenvalue weighted by atomic mass is 10.1. The Hall–Kier alpha value is -2.14. The highest BCUT2D eigenvalue weighted by Crippen LogP contribution is 2.27. The fourth-order valence-corrected chi connectivity index (χ4v) is 3.55. The Balaban J connectivity index is 1.56. The maximum absolute atomic E-state index is 12.0. The largest absolute Gasteiger partial charge is 0.363 e. The van der Waals surface area contributed by atoms with Crippen LogP contribution in [0.25, 0.3) is 0 Å². The van der Waals surface area contributed by atoms with E-state index in [0.29, 0.717) is 5.56 Å². The average Bonchev–Trinajstić information content (AvgIpc) is 3.05. The molecule has 0 radical (unpaired) electrons. The summed E-state index contributed by atoms with van der Waals surface area (Å²) in [6, 6.07) is 11.6. The Morgan fingerprint density at radius 2 is 1.87 bits per heavy atom. The van der Waals surface area contributed by atoms with Crippen molar-refractivity contribution in [3.63, 3.8) is 0 Å². The molecule has 0 spiro atoms. The molecule has 0 bridgehead atoms. The van der Waals surface area contributed by atoms with E-state index in [4.69, 9.17) is 0 Å². The van der Waals surface area contributed by atoms with E-state index in [9.17, 15) is 4.79 Å². The maximum Gasteiger partial charge on any atom is 0.271 e. The van der Waals surface area contributed by atoms with E-state index >= 15 is 0 Å². The smallest absolute Gasteiger partial charge is 0.271 e. The van der Waals surface area contributed by atoms with Gasteiger partial charge in [0.2, 0.25) is 0 Å². The molecule has 4 nitrogen and oxygen atoms in total. The van der Waals surface area contributed by atoms with Crippen LogP contribution in [0.15, 0.2) is 41.5 Å². The maximum atomic E-state index is 12.0. The van der Waals surface area contributed by atoms with E-state index < -0.39 is 0 Å². The summed E-state index contributed by atoms with van der Waals surface area (Å²) in [5.41, 5.74) is 4.33. The number of benzene rings is 1. The second-order valence-electron chi connectivity index (χ2n) is 5.79. The van der Waals surface area contributed by atoms with Crippen LogP contribution in [0.2, 0.25) is 0 Å². The zero-order chi connectivity index (χ0) is 16.1. The average molecular weight is 327 g/mol. The molecule has 5 heteroatoms. The van der Waals surface area contributed by atoms with E-state index in [-0.39, 0.29) is 5.91 Å². The summed E-state index contributed by atoms with van der Waals surface area (Å²) >= 11 is 1.71. The van der Waals surface area contributed by atoms with E-state index in [2.05, 4.69) is 27.6 Å². The number of hydrogen-bond acceptors (Lipinski definition) is 4. The van der Waals surface area contributed by atoms with E-state index in [1.165, 1.54) is 24.3 Å². The lowest BCUT2D eigenvalue weighted by Crippen LogP contribution is -2.28. The van der Waals surface area contributed by atoms with Crippen LogP contribution >= 0.6 is 11.3 Å². The number of nitrogens with one attached hydrogen (secondary N) is 1. The molecule has 23 heavy (non-hydrogen) atoms. The lowest BCUT2D eigenvalue weighted by molar-refractivity contribution is 0.0955. The van der Waals surface area contributed by atoms with Gasteiger partial charge >= 0.3 is 0 Å². The summed E-state index contributed by atoms with van der Waals surface area (Å²) in [7, 11) is 0. The number of rotatable bonds is 4. The van der Waals surface area contributed by atoms with Crippen molar-refractivity contribution in [1.29, 1.82) is 0 Å². The highest BCUT2D eigenvalue weighted by molar-refractivity contribution is 7.17. The van der Waals surface area contributed by atoms with Gasteiger partial charge in [-0.05, 0) is 50.5 Å². The number of carbonyl (C=O) groups excluding carboxylic acids is 1. The topological polar surface area (TPSA) is 44.7 Å². The Labute approximate surface area is 140 Å². The van der Waals surface area contributed by atoms with Crippen LogP contribution < -0.4 is 10.3 Å². The lowest BCUT2D eigenvalue weighted by Gasteiger charge is -2.27. The van der Waals surface area contributed by atoms with Crippen molar-refractivity contribution < 1.29 is 4.79 Å². The third-order valence-corrected chi connectivity index (χ3v) is 5.03. The number of aryl methyl sites for hydroxylation is 1. The normalized spacial score (nSPS) is 15.1. The van der Waals surface area contributed by atoms with Gasteiger partial charge in [0.1, 0.15) is 0 Å². The van der Waals surface area contributed by atoms with Gasteiger partial charge in [-0.15, -0.1) is 11.3 Å². The first kappa shape index (κ1) is 15.7. The molecular formula is C18H21N3OS. The fourth-order valence-electron chi connectivity index (χ4n) is 2.62. The third kappa shape index (κ3) is 4.20.